The lowest BCUT2D eigenvalue weighted by molar-refractivity contribution is 0.200. The highest BCUT2D eigenvalue weighted by Crippen LogP contribution is 2.31. The van der Waals surface area contributed by atoms with Gasteiger partial charge in [-0.1, -0.05) is 17.7 Å². The number of hydrogen-bond donors (Lipinski definition) is 3. The molecule has 0 aliphatic carbocycles. The van der Waals surface area contributed by atoms with Gasteiger partial charge in [0, 0.05) is 37.1 Å². The van der Waals surface area contributed by atoms with Crippen molar-refractivity contribution in [3.8, 4) is 0 Å². The summed E-state index contributed by atoms with van der Waals surface area (Å²) < 4.78 is 27.0. The number of carbonyl (C=O) groups excluding carboxylic acids is 1. The van der Waals surface area contributed by atoms with Crippen LogP contribution in [0.4, 0.5) is 19.3 Å². The van der Waals surface area contributed by atoms with Crippen LogP contribution in [0.1, 0.15) is 17.3 Å². The summed E-state index contributed by atoms with van der Waals surface area (Å²) >= 11 is 5.77. The van der Waals surface area contributed by atoms with Crippen LogP contribution in [0.25, 0.3) is 10.8 Å². The fourth-order valence-electron chi connectivity index (χ4n) is 3.59. The Morgan fingerprint density at radius 2 is 2.00 bits per heavy atom. The number of carbonyl (C=O) groups is 1. The van der Waals surface area contributed by atoms with Gasteiger partial charge in [0.05, 0.1) is 16.5 Å². The molecule has 1 aliphatic heterocycles. The fourth-order valence-corrected chi connectivity index (χ4v) is 3.77. The number of nitrogens with zero attached hydrogens (tertiary/aromatic N) is 1. The number of pyridine rings is 1. The van der Waals surface area contributed by atoms with Crippen molar-refractivity contribution in [1.29, 1.82) is 0 Å². The van der Waals surface area contributed by atoms with Gasteiger partial charge in [-0.25, -0.2) is 13.6 Å². The highest BCUT2D eigenvalue weighted by atomic mass is 35.5. The van der Waals surface area contributed by atoms with Crippen molar-refractivity contribution in [1.82, 2.24) is 15.2 Å². The zero-order valence-electron chi connectivity index (χ0n) is 15.4. The molecule has 1 aromatic heterocycles. The maximum Gasteiger partial charge on any atom is 0.322 e. The molecule has 2 amide bonds. The van der Waals surface area contributed by atoms with E-state index in [1.54, 1.807) is 13.1 Å². The number of amides is 2. The van der Waals surface area contributed by atoms with Gasteiger partial charge >= 0.3 is 6.03 Å². The lowest BCUT2D eigenvalue weighted by Gasteiger charge is -2.34. The maximum absolute atomic E-state index is 13.7. The number of halogens is 3. The highest BCUT2D eigenvalue weighted by Gasteiger charge is 2.30. The van der Waals surface area contributed by atoms with Crippen LogP contribution in [0.15, 0.2) is 41.2 Å². The van der Waals surface area contributed by atoms with E-state index in [1.807, 2.05) is 0 Å². The average Bonchev–Trinajstić information content (AvgIpc) is 2.70. The highest BCUT2D eigenvalue weighted by molar-refractivity contribution is 6.31. The third kappa shape index (κ3) is 3.56. The molecule has 3 N–H and O–H groups in total. The van der Waals surface area contributed by atoms with E-state index in [9.17, 15) is 18.4 Å². The first-order valence-electron chi connectivity index (χ1n) is 8.89. The van der Waals surface area contributed by atoms with Crippen molar-refractivity contribution in [3.05, 3.63) is 74.7 Å². The quantitative estimate of drug-likeness (QED) is 0.593. The summed E-state index contributed by atoms with van der Waals surface area (Å²) in [6, 6.07) is 7.09. The van der Waals surface area contributed by atoms with Gasteiger partial charge in [-0.3, -0.25) is 4.79 Å². The van der Waals surface area contributed by atoms with Crippen LogP contribution in [0, 0.1) is 11.6 Å². The van der Waals surface area contributed by atoms with Crippen LogP contribution < -0.4 is 16.2 Å². The molecule has 29 heavy (non-hydrogen) atoms. The van der Waals surface area contributed by atoms with Crippen LogP contribution in [0.2, 0.25) is 5.02 Å². The summed E-state index contributed by atoms with van der Waals surface area (Å²) in [6.07, 6.45) is 0. The van der Waals surface area contributed by atoms with Crippen molar-refractivity contribution < 1.29 is 13.6 Å². The van der Waals surface area contributed by atoms with Crippen molar-refractivity contribution in [2.24, 2.45) is 0 Å². The van der Waals surface area contributed by atoms with Crippen LogP contribution in [0.3, 0.4) is 0 Å². The first kappa shape index (κ1) is 19.4. The molecule has 0 unspecified atom stereocenters. The normalized spacial score (nSPS) is 15.8. The average molecular weight is 419 g/mol. The minimum Gasteiger partial charge on any atom is -0.324 e. The molecule has 4 rings (SSSR count). The Balaban J connectivity index is 1.70. The zero-order valence-corrected chi connectivity index (χ0v) is 16.1. The Bertz CT molecular complexity index is 1180. The van der Waals surface area contributed by atoms with Crippen molar-refractivity contribution >= 4 is 34.1 Å². The van der Waals surface area contributed by atoms with E-state index in [-0.39, 0.29) is 16.0 Å². The van der Waals surface area contributed by atoms with Gasteiger partial charge in [0.15, 0.2) is 0 Å². The smallest absolute Gasteiger partial charge is 0.322 e. The predicted octanol–water partition coefficient (Wildman–Crippen LogP) is 3.77. The van der Waals surface area contributed by atoms with Crippen molar-refractivity contribution in [3.63, 3.8) is 0 Å². The second-order valence-electron chi connectivity index (χ2n) is 6.85. The topological polar surface area (TPSA) is 77.2 Å². The molecular weight excluding hydrogens is 402 g/mol. The number of nitrogens with one attached hydrogen (secondary N) is 3. The molecule has 0 saturated heterocycles. The van der Waals surface area contributed by atoms with Gasteiger partial charge in [-0.15, -0.1) is 0 Å². The summed E-state index contributed by atoms with van der Waals surface area (Å²) in [5, 5.41) is 6.59. The summed E-state index contributed by atoms with van der Waals surface area (Å²) in [6.45, 7) is 0.872. The molecule has 0 bridgehead atoms. The lowest BCUT2D eigenvalue weighted by Crippen LogP contribution is -2.43. The van der Waals surface area contributed by atoms with Crippen molar-refractivity contribution in [2.45, 2.75) is 12.6 Å². The minimum absolute atomic E-state index is 0.0965. The number of fused-ring (bicyclic) bond motifs is 3. The lowest BCUT2D eigenvalue weighted by atomic mass is 9.94. The number of anilines is 1. The molecule has 9 heteroatoms. The largest absolute Gasteiger partial charge is 0.324 e. The summed E-state index contributed by atoms with van der Waals surface area (Å²) in [5.41, 5.74) is 1.38. The monoisotopic (exact) mass is 418 g/mol. The van der Waals surface area contributed by atoms with E-state index in [0.717, 1.165) is 5.56 Å². The Kier molecular flexibility index (Phi) is 4.97. The number of urea groups is 1. The number of H-pyrrole nitrogens is 1. The SMILES string of the molecule is CN(C(=O)Nc1ccc(F)c(Cl)c1)[C@@H]1CNCc2[nH]c(=O)c3cc(F)ccc3c21. The van der Waals surface area contributed by atoms with Crippen LogP contribution in [-0.4, -0.2) is 29.5 Å². The van der Waals surface area contributed by atoms with E-state index >= 15 is 0 Å². The Labute approximate surface area is 169 Å². The molecule has 2 aromatic carbocycles. The van der Waals surface area contributed by atoms with E-state index in [1.165, 1.54) is 35.2 Å². The number of rotatable bonds is 2. The Hall–Kier alpha value is -2.97. The third-order valence-electron chi connectivity index (χ3n) is 5.04. The van der Waals surface area contributed by atoms with E-state index in [2.05, 4.69) is 15.6 Å². The first-order valence-corrected chi connectivity index (χ1v) is 9.27. The van der Waals surface area contributed by atoms with E-state index in [0.29, 0.717) is 29.9 Å². The molecule has 3 aromatic rings. The van der Waals surface area contributed by atoms with E-state index in [4.69, 9.17) is 11.6 Å². The summed E-state index contributed by atoms with van der Waals surface area (Å²) in [7, 11) is 1.61. The molecule has 0 spiro atoms. The zero-order chi connectivity index (χ0) is 20.7. The van der Waals surface area contributed by atoms with Gasteiger partial charge in [0.25, 0.3) is 5.56 Å². The first-order chi connectivity index (χ1) is 13.8. The number of likely N-dealkylation sites (N-methyl/N-ethyl adjacent to an activating group) is 1. The molecule has 6 nitrogen and oxygen atoms in total. The molecule has 0 radical (unpaired) electrons. The van der Waals surface area contributed by atoms with Crippen LogP contribution in [-0.2, 0) is 6.54 Å². The van der Waals surface area contributed by atoms with Crippen LogP contribution in [0.5, 0.6) is 0 Å². The Morgan fingerprint density at radius 1 is 1.21 bits per heavy atom. The fraction of sp³-hybridized carbons (Fsp3) is 0.200. The second kappa shape index (κ2) is 7.46. The van der Waals surface area contributed by atoms with Gasteiger partial charge in [-0.05, 0) is 35.7 Å². The molecule has 2 heterocycles. The van der Waals surface area contributed by atoms with Crippen LogP contribution >= 0.6 is 11.6 Å². The predicted molar refractivity (Wildman–Crippen MR) is 107 cm³/mol. The van der Waals surface area contributed by atoms with Gasteiger partial charge in [0.1, 0.15) is 11.6 Å². The molecular formula is C20H17ClF2N4O2. The minimum atomic E-state index is -0.578. The molecule has 150 valence electrons. The standard InChI is InChI=1S/C20H17ClF2N4O2/c1-27(20(29)25-11-3-5-15(23)14(21)7-11)17-9-24-8-16-18(17)12-4-2-10(22)6-13(12)19(28)26-16/h2-7,17,24H,8-9H2,1H3,(H,25,29)(H,26,28)/t17-/m1/s1. The number of hydrogen-bond acceptors (Lipinski definition) is 3. The summed E-state index contributed by atoms with van der Waals surface area (Å²) in [4.78, 5) is 29.4. The molecule has 0 saturated carbocycles. The summed E-state index contributed by atoms with van der Waals surface area (Å²) in [5.74, 6) is -1.08. The molecule has 0 fully saturated rings. The van der Waals surface area contributed by atoms with Gasteiger partial charge in [0.2, 0.25) is 0 Å². The number of aromatic amines is 1. The van der Waals surface area contributed by atoms with E-state index < -0.39 is 23.7 Å². The number of benzene rings is 2. The number of aromatic nitrogens is 1. The maximum atomic E-state index is 13.7. The Morgan fingerprint density at radius 3 is 2.76 bits per heavy atom. The molecule has 1 atom stereocenters. The van der Waals surface area contributed by atoms with Gasteiger partial charge in [-0.2, -0.15) is 0 Å². The third-order valence-corrected chi connectivity index (χ3v) is 5.33. The van der Waals surface area contributed by atoms with Crippen molar-refractivity contribution in [2.75, 3.05) is 18.9 Å². The van der Waals surface area contributed by atoms with Gasteiger partial charge < -0.3 is 20.5 Å². The second-order valence-corrected chi connectivity index (χ2v) is 7.26. The molecule has 1 aliphatic rings.